The summed E-state index contributed by atoms with van der Waals surface area (Å²) >= 11 is 0. The smallest absolute Gasteiger partial charge is 0.270 e. The van der Waals surface area contributed by atoms with Crippen molar-refractivity contribution in [2.24, 2.45) is 0 Å². The number of hydrogen-bond acceptors (Lipinski definition) is 4. The van der Waals surface area contributed by atoms with Crippen molar-refractivity contribution in [1.82, 2.24) is 9.97 Å². The lowest BCUT2D eigenvalue weighted by molar-refractivity contribution is -0.115. The van der Waals surface area contributed by atoms with Crippen LogP contribution in [0.4, 0.5) is 5.69 Å². The van der Waals surface area contributed by atoms with Crippen LogP contribution in [-0.4, -0.2) is 23.0 Å². The van der Waals surface area contributed by atoms with E-state index in [0.29, 0.717) is 22.5 Å². The van der Waals surface area contributed by atoms with Crippen LogP contribution in [0.1, 0.15) is 5.69 Å². The summed E-state index contributed by atoms with van der Waals surface area (Å²) in [6.45, 7) is 0. The van der Waals surface area contributed by atoms with Crippen LogP contribution in [0.3, 0.4) is 0 Å². The average Bonchev–Trinajstić information content (AvgIpc) is 2.55. The van der Waals surface area contributed by atoms with E-state index in [4.69, 9.17) is 4.74 Å². The molecule has 23 heavy (non-hydrogen) atoms. The molecule has 0 aliphatic rings. The number of aromatic amines is 1. The van der Waals surface area contributed by atoms with Gasteiger partial charge < -0.3 is 15.0 Å². The molecule has 0 spiro atoms. The molecule has 0 aliphatic carbocycles. The number of benzene rings is 2. The van der Waals surface area contributed by atoms with E-state index in [1.165, 1.54) is 0 Å². The van der Waals surface area contributed by atoms with Crippen molar-refractivity contribution in [1.29, 1.82) is 0 Å². The number of fused-ring (bicyclic) bond motifs is 1. The van der Waals surface area contributed by atoms with Gasteiger partial charge in [-0.2, -0.15) is 0 Å². The van der Waals surface area contributed by atoms with Crippen LogP contribution in [0, 0.1) is 0 Å². The van der Waals surface area contributed by atoms with E-state index in [1.807, 2.05) is 12.1 Å². The zero-order valence-electron chi connectivity index (χ0n) is 12.5. The maximum absolute atomic E-state index is 12.1. The number of nitrogens with zero attached hydrogens (tertiary/aromatic N) is 1. The van der Waals surface area contributed by atoms with Crippen molar-refractivity contribution in [3.63, 3.8) is 0 Å². The van der Waals surface area contributed by atoms with Crippen molar-refractivity contribution in [3.8, 4) is 5.75 Å². The minimum atomic E-state index is -0.357. The molecule has 2 N–H and O–H groups in total. The van der Waals surface area contributed by atoms with E-state index >= 15 is 0 Å². The number of aromatic nitrogens is 2. The fourth-order valence-corrected chi connectivity index (χ4v) is 2.25. The Hall–Kier alpha value is -3.15. The highest BCUT2D eigenvalue weighted by Gasteiger charge is 2.10. The lowest BCUT2D eigenvalue weighted by atomic mass is 10.2. The Kier molecular flexibility index (Phi) is 4.05. The molecule has 0 saturated heterocycles. The van der Waals surface area contributed by atoms with E-state index in [2.05, 4.69) is 15.3 Å². The molecule has 1 amide bonds. The number of para-hydroxylation sites is 2. The molecule has 2 aromatic carbocycles. The van der Waals surface area contributed by atoms with Crippen LogP contribution in [0.25, 0.3) is 11.0 Å². The number of methoxy groups -OCH3 is 1. The van der Waals surface area contributed by atoms with Crippen molar-refractivity contribution in [3.05, 3.63) is 64.6 Å². The monoisotopic (exact) mass is 309 g/mol. The van der Waals surface area contributed by atoms with E-state index in [-0.39, 0.29) is 23.6 Å². The molecular formula is C17H15N3O3. The molecule has 1 heterocycles. The largest absolute Gasteiger partial charge is 0.497 e. The van der Waals surface area contributed by atoms with Gasteiger partial charge >= 0.3 is 0 Å². The summed E-state index contributed by atoms with van der Waals surface area (Å²) in [5.74, 6) is 0.330. The van der Waals surface area contributed by atoms with Gasteiger partial charge in [0.25, 0.3) is 5.56 Å². The molecule has 116 valence electrons. The number of ether oxygens (including phenoxy) is 1. The Morgan fingerprint density at radius 1 is 1.22 bits per heavy atom. The van der Waals surface area contributed by atoms with Crippen molar-refractivity contribution in [2.45, 2.75) is 6.42 Å². The van der Waals surface area contributed by atoms with Crippen molar-refractivity contribution < 1.29 is 9.53 Å². The fourth-order valence-electron chi connectivity index (χ4n) is 2.25. The van der Waals surface area contributed by atoms with Gasteiger partial charge in [0.2, 0.25) is 5.91 Å². The SMILES string of the molecule is COc1cccc(NC(=O)Cc2nc3ccccc3[nH]c2=O)c1. The number of H-pyrrole nitrogens is 1. The molecule has 0 bridgehead atoms. The summed E-state index contributed by atoms with van der Waals surface area (Å²) in [4.78, 5) is 31.1. The first-order chi connectivity index (χ1) is 11.2. The highest BCUT2D eigenvalue weighted by molar-refractivity contribution is 5.92. The molecule has 0 unspecified atom stereocenters. The first-order valence-corrected chi connectivity index (χ1v) is 7.07. The van der Waals surface area contributed by atoms with Gasteiger partial charge in [-0.05, 0) is 24.3 Å². The van der Waals surface area contributed by atoms with Crippen LogP contribution in [0.15, 0.2) is 53.3 Å². The Balaban J connectivity index is 1.79. The predicted octanol–water partition coefficient (Wildman–Crippen LogP) is 2.11. The number of carbonyl (C=O) groups excluding carboxylic acids is 1. The van der Waals surface area contributed by atoms with Crippen LogP contribution in [0.5, 0.6) is 5.75 Å². The Morgan fingerprint density at radius 2 is 2.04 bits per heavy atom. The van der Waals surface area contributed by atoms with E-state index in [9.17, 15) is 9.59 Å². The third kappa shape index (κ3) is 3.37. The van der Waals surface area contributed by atoms with E-state index in [1.54, 1.807) is 43.5 Å². The number of carbonyl (C=O) groups is 1. The minimum Gasteiger partial charge on any atom is -0.497 e. The molecule has 6 nitrogen and oxygen atoms in total. The summed E-state index contributed by atoms with van der Waals surface area (Å²) in [5, 5.41) is 2.73. The first kappa shape index (κ1) is 14.8. The molecule has 3 aromatic rings. The summed E-state index contributed by atoms with van der Waals surface area (Å²) in [7, 11) is 1.56. The third-order valence-electron chi connectivity index (χ3n) is 3.35. The lowest BCUT2D eigenvalue weighted by Crippen LogP contribution is -2.22. The topological polar surface area (TPSA) is 84.1 Å². The second-order valence-corrected chi connectivity index (χ2v) is 4.99. The molecule has 6 heteroatoms. The van der Waals surface area contributed by atoms with E-state index < -0.39 is 0 Å². The first-order valence-electron chi connectivity index (χ1n) is 7.07. The maximum Gasteiger partial charge on any atom is 0.270 e. The summed E-state index contributed by atoms with van der Waals surface area (Å²) in [6, 6.07) is 14.2. The van der Waals surface area contributed by atoms with Gasteiger partial charge in [-0.1, -0.05) is 18.2 Å². The zero-order chi connectivity index (χ0) is 16.2. The third-order valence-corrected chi connectivity index (χ3v) is 3.35. The van der Waals surface area contributed by atoms with Gasteiger partial charge in [-0.3, -0.25) is 9.59 Å². The molecular weight excluding hydrogens is 294 g/mol. The summed E-state index contributed by atoms with van der Waals surface area (Å²) in [6.07, 6.45) is -0.0998. The highest BCUT2D eigenvalue weighted by Crippen LogP contribution is 2.16. The Morgan fingerprint density at radius 3 is 2.87 bits per heavy atom. The van der Waals surface area contributed by atoms with E-state index in [0.717, 1.165) is 0 Å². The second kappa shape index (κ2) is 6.31. The summed E-state index contributed by atoms with van der Waals surface area (Å²) in [5.41, 5.74) is 1.73. The van der Waals surface area contributed by atoms with Crippen molar-refractivity contribution >= 4 is 22.6 Å². The molecule has 0 saturated carbocycles. The Labute approximate surface area is 132 Å². The normalized spacial score (nSPS) is 10.5. The summed E-state index contributed by atoms with van der Waals surface area (Å²) < 4.78 is 5.10. The zero-order valence-corrected chi connectivity index (χ0v) is 12.5. The molecule has 0 atom stereocenters. The minimum absolute atomic E-state index is 0.0998. The molecule has 0 aliphatic heterocycles. The van der Waals surface area contributed by atoms with Crippen LogP contribution >= 0.6 is 0 Å². The molecule has 0 radical (unpaired) electrons. The number of nitrogens with one attached hydrogen (secondary N) is 2. The lowest BCUT2D eigenvalue weighted by Gasteiger charge is -2.07. The van der Waals surface area contributed by atoms with Gasteiger partial charge in [-0.25, -0.2) is 4.98 Å². The Bertz CT molecular complexity index is 918. The van der Waals surface area contributed by atoms with Gasteiger partial charge in [0.1, 0.15) is 11.4 Å². The molecule has 0 fully saturated rings. The standard InChI is InChI=1S/C17H15N3O3/c1-23-12-6-4-5-11(9-12)18-16(21)10-15-17(22)20-14-8-3-2-7-13(14)19-15/h2-9H,10H2,1H3,(H,18,21)(H,20,22). The maximum atomic E-state index is 12.1. The molecule has 3 rings (SSSR count). The van der Waals surface area contributed by atoms with Crippen LogP contribution < -0.4 is 15.6 Å². The number of rotatable bonds is 4. The van der Waals surface area contributed by atoms with Gasteiger partial charge in [0.15, 0.2) is 0 Å². The van der Waals surface area contributed by atoms with Crippen LogP contribution in [0.2, 0.25) is 0 Å². The number of anilines is 1. The second-order valence-electron chi connectivity index (χ2n) is 4.99. The predicted molar refractivity (Wildman–Crippen MR) is 87.7 cm³/mol. The average molecular weight is 309 g/mol. The van der Waals surface area contributed by atoms with Gasteiger partial charge in [-0.15, -0.1) is 0 Å². The number of hydrogen-bond donors (Lipinski definition) is 2. The van der Waals surface area contributed by atoms with Gasteiger partial charge in [0.05, 0.1) is 24.6 Å². The molecule has 1 aromatic heterocycles. The van der Waals surface area contributed by atoms with Crippen LogP contribution in [-0.2, 0) is 11.2 Å². The van der Waals surface area contributed by atoms with Gasteiger partial charge in [0, 0.05) is 11.8 Å². The fraction of sp³-hybridized carbons (Fsp3) is 0.118. The highest BCUT2D eigenvalue weighted by atomic mass is 16.5. The number of amides is 1. The quantitative estimate of drug-likeness (QED) is 0.773. The van der Waals surface area contributed by atoms with Crippen molar-refractivity contribution in [2.75, 3.05) is 12.4 Å².